The van der Waals surface area contributed by atoms with Crippen molar-refractivity contribution in [3.05, 3.63) is 34.9 Å². The summed E-state index contributed by atoms with van der Waals surface area (Å²) < 4.78 is 0. The SMILES string of the molecule is CC[C@H](NC(=O)NC[C@H]1CN(C)CCN1C)c1cccc(Cl)c1. The zero-order valence-electron chi connectivity index (χ0n) is 14.2. The third kappa shape index (κ3) is 5.37. The number of rotatable bonds is 5. The van der Waals surface area contributed by atoms with Crippen LogP contribution in [0.5, 0.6) is 0 Å². The highest BCUT2D eigenvalue weighted by atomic mass is 35.5. The van der Waals surface area contributed by atoms with Crippen LogP contribution >= 0.6 is 11.6 Å². The number of urea groups is 1. The van der Waals surface area contributed by atoms with Crippen molar-refractivity contribution in [2.75, 3.05) is 40.3 Å². The molecule has 5 nitrogen and oxygen atoms in total. The average molecular weight is 339 g/mol. The molecule has 0 aliphatic carbocycles. The number of likely N-dealkylation sites (N-methyl/N-ethyl adjacent to an activating group) is 2. The van der Waals surface area contributed by atoms with Crippen LogP contribution < -0.4 is 10.6 Å². The quantitative estimate of drug-likeness (QED) is 0.866. The maximum atomic E-state index is 12.2. The van der Waals surface area contributed by atoms with Gasteiger partial charge in [-0.3, -0.25) is 4.90 Å². The highest BCUT2D eigenvalue weighted by molar-refractivity contribution is 6.30. The van der Waals surface area contributed by atoms with Crippen molar-refractivity contribution in [1.29, 1.82) is 0 Å². The van der Waals surface area contributed by atoms with E-state index in [1.165, 1.54) is 0 Å². The first-order valence-electron chi connectivity index (χ1n) is 8.18. The van der Waals surface area contributed by atoms with Crippen LogP contribution in [0, 0.1) is 0 Å². The summed E-state index contributed by atoms with van der Waals surface area (Å²) in [6.07, 6.45) is 0.819. The van der Waals surface area contributed by atoms with Gasteiger partial charge in [0.05, 0.1) is 6.04 Å². The molecule has 1 saturated heterocycles. The molecule has 1 aliphatic rings. The second-order valence-electron chi connectivity index (χ2n) is 6.27. The lowest BCUT2D eigenvalue weighted by Crippen LogP contribution is -2.55. The number of halogens is 1. The first kappa shape index (κ1) is 18.0. The summed E-state index contributed by atoms with van der Waals surface area (Å²) in [5.74, 6) is 0. The Labute approximate surface area is 144 Å². The van der Waals surface area contributed by atoms with Gasteiger partial charge in [-0.25, -0.2) is 4.79 Å². The summed E-state index contributed by atoms with van der Waals surface area (Å²) in [6.45, 7) is 5.78. The molecule has 1 heterocycles. The van der Waals surface area contributed by atoms with E-state index in [1.54, 1.807) is 0 Å². The molecule has 0 bridgehead atoms. The van der Waals surface area contributed by atoms with Crippen molar-refractivity contribution >= 4 is 17.6 Å². The topological polar surface area (TPSA) is 47.6 Å². The van der Waals surface area contributed by atoms with Crippen LogP contribution in [0.2, 0.25) is 5.02 Å². The molecule has 128 valence electrons. The first-order chi connectivity index (χ1) is 11.0. The number of nitrogens with zero attached hydrogens (tertiary/aromatic N) is 2. The minimum Gasteiger partial charge on any atom is -0.337 e. The van der Waals surface area contributed by atoms with Gasteiger partial charge in [-0.05, 0) is 38.2 Å². The van der Waals surface area contributed by atoms with Crippen LogP contribution in [-0.2, 0) is 0 Å². The molecule has 1 aliphatic heterocycles. The Morgan fingerprint density at radius 1 is 1.39 bits per heavy atom. The standard InChI is InChI=1S/C17H27ClN4O/c1-4-16(13-6-5-7-14(18)10-13)20-17(23)19-11-15-12-21(2)8-9-22(15)3/h5-7,10,15-16H,4,8-9,11-12H2,1-3H3,(H2,19,20,23)/t15-,16-/m0/s1. The lowest BCUT2D eigenvalue weighted by molar-refractivity contribution is 0.114. The monoisotopic (exact) mass is 338 g/mol. The molecule has 2 N–H and O–H groups in total. The third-order valence-electron chi connectivity index (χ3n) is 4.44. The minimum absolute atomic E-state index is 0.0274. The van der Waals surface area contributed by atoms with Gasteiger partial charge in [0.25, 0.3) is 0 Å². The summed E-state index contributed by atoms with van der Waals surface area (Å²) in [6, 6.07) is 7.84. The van der Waals surface area contributed by atoms with E-state index in [1.807, 2.05) is 24.3 Å². The van der Waals surface area contributed by atoms with Gasteiger partial charge in [0.15, 0.2) is 0 Å². The number of carbonyl (C=O) groups is 1. The zero-order valence-corrected chi connectivity index (χ0v) is 14.9. The number of amides is 2. The van der Waals surface area contributed by atoms with Crippen molar-refractivity contribution in [2.24, 2.45) is 0 Å². The molecule has 1 aromatic rings. The van der Waals surface area contributed by atoms with Crippen molar-refractivity contribution in [3.8, 4) is 0 Å². The van der Waals surface area contributed by atoms with Gasteiger partial charge < -0.3 is 15.5 Å². The highest BCUT2D eigenvalue weighted by Crippen LogP contribution is 2.20. The van der Waals surface area contributed by atoms with E-state index in [9.17, 15) is 4.79 Å². The smallest absolute Gasteiger partial charge is 0.315 e. The number of hydrogen-bond donors (Lipinski definition) is 2. The molecular weight excluding hydrogens is 312 g/mol. The highest BCUT2D eigenvalue weighted by Gasteiger charge is 2.22. The number of nitrogens with one attached hydrogen (secondary N) is 2. The van der Waals surface area contributed by atoms with Crippen molar-refractivity contribution in [2.45, 2.75) is 25.4 Å². The lowest BCUT2D eigenvalue weighted by Gasteiger charge is -2.37. The maximum Gasteiger partial charge on any atom is 0.315 e. The number of carbonyl (C=O) groups excluding carboxylic acids is 1. The molecule has 2 atom stereocenters. The molecule has 0 spiro atoms. The molecule has 0 radical (unpaired) electrons. The van der Waals surface area contributed by atoms with Crippen molar-refractivity contribution in [3.63, 3.8) is 0 Å². The van der Waals surface area contributed by atoms with E-state index in [0.29, 0.717) is 17.6 Å². The molecule has 1 fully saturated rings. The van der Waals surface area contributed by atoms with E-state index in [-0.39, 0.29) is 12.1 Å². The number of hydrogen-bond acceptors (Lipinski definition) is 3. The molecule has 2 amide bonds. The van der Waals surface area contributed by atoms with Gasteiger partial charge in [-0.15, -0.1) is 0 Å². The van der Waals surface area contributed by atoms with Crippen molar-refractivity contribution < 1.29 is 4.79 Å². The first-order valence-corrected chi connectivity index (χ1v) is 8.56. The van der Waals surface area contributed by atoms with Crippen molar-refractivity contribution in [1.82, 2.24) is 20.4 Å². The van der Waals surface area contributed by atoms with Gasteiger partial charge in [0.2, 0.25) is 0 Å². The molecular formula is C17H27ClN4O. The minimum atomic E-state index is -0.126. The van der Waals surface area contributed by atoms with E-state index in [4.69, 9.17) is 11.6 Å². The summed E-state index contributed by atoms with van der Waals surface area (Å²) in [7, 11) is 4.23. The molecule has 0 aromatic heterocycles. The Balaban J connectivity index is 1.85. The maximum absolute atomic E-state index is 12.2. The summed E-state index contributed by atoms with van der Waals surface area (Å²) >= 11 is 6.04. The summed E-state index contributed by atoms with van der Waals surface area (Å²) in [5, 5.41) is 6.73. The Hall–Kier alpha value is -1.30. The average Bonchev–Trinajstić information content (AvgIpc) is 2.53. The lowest BCUT2D eigenvalue weighted by atomic mass is 10.1. The van der Waals surface area contributed by atoms with Gasteiger partial charge in [-0.2, -0.15) is 0 Å². The van der Waals surface area contributed by atoms with Crippen LogP contribution in [0.1, 0.15) is 24.9 Å². The molecule has 0 saturated carbocycles. The Bertz CT molecular complexity index is 525. The van der Waals surface area contributed by atoms with Gasteiger partial charge >= 0.3 is 6.03 Å². The summed E-state index contributed by atoms with van der Waals surface area (Å²) in [5.41, 5.74) is 1.03. The predicted octanol–water partition coefficient (Wildman–Crippen LogP) is 2.34. The van der Waals surface area contributed by atoms with E-state index in [2.05, 4.69) is 41.5 Å². The fourth-order valence-electron chi connectivity index (χ4n) is 2.89. The van der Waals surface area contributed by atoms with Gasteiger partial charge in [-0.1, -0.05) is 30.7 Å². The number of piperazine rings is 1. The van der Waals surface area contributed by atoms with Crippen LogP contribution in [-0.4, -0.2) is 62.1 Å². The van der Waals surface area contributed by atoms with E-state index >= 15 is 0 Å². The van der Waals surface area contributed by atoms with Gasteiger partial charge in [0, 0.05) is 37.2 Å². The fraction of sp³-hybridized carbons (Fsp3) is 0.588. The second kappa shape index (κ2) is 8.52. The molecule has 1 aromatic carbocycles. The predicted molar refractivity (Wildman–Crippen MR) is 94.9 cm³/mol. The Morgan fingerprint density at radius 3 is 2.87 bits per heavy atom. The van der Waals surface area contributed by atoms with Gasteiger partial charge in [0.1, 0.15) is 0 Å². The molecule has 23 heavy (non-hydrogen) atoms. The zero-order chi connectivity index (χ0) is 16.8. The largest absolute Gasteiger partial charge is 0.337 e. The Kier molecular flexibility index (Phi) is 6.69. The molecule has 6 heteroatoms. The summed E-state index contributed by atoms with van der Waals surface area (Å²) in [4.78, 5) is 16.8. The molecule has 2 rings (SSSR count). The number of benzene rings is 1. The van der Waals surface area contributed by atoms with Crippen LogP contribution in [0.15, 0.2) is 24.3 Å². The molecule has 0 unspecified atom stereocenters. The van der Waals surface area contributed by atoms with Crippen LogP contribution in [0.4, 0.5) is 4.79 Å². The second-order valence-corrected chi connectivity index (χ2v) is 6.70. The third-order valence-corrected chi connectivity index (χ3v) is 4.68. The Morgan fingerprint density at radius 2 is 2.17 bits per heavy atom. The van der Waals surface area contributed by atoms with E-state index < -0.39 is 0 Å². The van der Waals surface area contributed by atoms with Crippen LogP contribution in [0.25, 0.3) is 0 Å². The fourth-order valence-corrected chi connectivity index (χ4v) is 3.08. The normalized spacial score (nSPS) is 21.0. The van der Waals surface area contributed by atoms with Crippen LogP contribution in [0.3, 0.4) is 0 Å². The van der Waals surface area contributed by atoms with E-state index in [0.717, 1.165) is 31.6 Å².